The summed E-state index contributed by atoms with van der Waals surface area (Å²) in [6.07, 6.45) is 1.53. The van der Waals surface area contributed by atoms with Crippen LogP contribution in [0.15, 0.2) is 41.3 Å². The zero-order valence-corrected chi connectivity index (χ0v) is 19.0. The maximum atomic E-state index is 13.0. The Morgan fingerprint density at radius 2 is 1.88 bits per heavy atom. The number of rotatable bonds is 5. The molecule has 2 aromatic rings. The van der Waals surface area contributed by atoms with Crippen molar-refractivity contribution in [2.24, 2.45) is 0 Å². The zero-order valence-electron chi connectivity index (χ0n) is 16.6. The number of morpholine rings is 1. The summed E-state index contributed by atoms with van der Waals surface area (Å²) in [5.74, 6) is -0.481. The smallest absolute Gasteiger partial charge is 0.293 e. The summed E-state index contributed by atoms with van der Waals surface area (Å²) in [6, 6.07) is 9.34. The molecule has 0 spiro atoms. The second-order valence-electron chi connectivity index (χ2n) is 7.10. The molecule has 2 aliphatic rings. The van der Waals surface area contributed by atoms with Crippen molar-refractivity contribution in [2.75, 3.05) is 31.2 Å². The third kappa shape index (κ3) is 4.75. The number of hydrogen-bond donors (Lipinski definition) is 0. The summed E-state index contributed by atoms with van der Waals surface area (Å²) in [6.45, 7) is 2.32. The fourth-order valence-electron chi connectivity index (χ4n) is 3.46. The molecule has 0 aromatic heterocycles. The van der Waals surface area contributed by atoms with Gasteiger partial charge >= 0.3 is 0 Å². The molecule has 4 rings (SSSR count). The number of amides is 2. The first-order valence-corrected chi connectivity index (χ1v) is 11.2. The maximum absolute atomic E-state index is 13.0. The number of imide groups is 1. The highest BCUT2D eigenvalue weighted by atomic mass is 35.5. The molecular weight excluding hydrogens is 477 g/mol. The molecular formula is C21H17Cl2N3O5S. The molecule has 2 aromatic carbocycles. The number of nitro groups is 1. The van der Waals surface area contributed by atoms with Gasteiger partial charge in [0.25, 0.3) is 16.8 Å². The summed E-state index contributed by atoms with van der Waals surface area (Å²) in [7, 11) is 0. The van der Waals surface area contributed by atoms with E-state index in [0.717, 1.165) is 22.3 Å². The van der Waals surface area contributed by atoms with Gasteiger partial charge in [0, 0.05) is 46.5 Å². The van der Waals surface area contributed by atoms with E-state index in [9.17, 15) is 19.7 Å². The van der Waals surface area contributed by atoms with E-state index in [4.69, 9.17) is 27.9 Å². The number of thioether (sulfide) groups is 1. The van der Waals surface area contributed by atoms with Crippen LogP contribution in [0.5, 0.6) is 0 Å². The number of carbonyl (C=O) groups is 2. The van der Waals surface area contributed by atoms with Crippen LogP contribution in [0.4, 0.5) is 16.2 Å². The Hall–Kier alpha value is -2.59. The average Bonchev–Trinajstić information content (AvgIpc) is 3.03. The molecule has 0 bridgehead atoms. The van der Waals surface area contributed by atoms with Gasteiger partial charge in [-0.1, -0.05) is 29.3 Å². The SMILES string of the molecule is O=C1S/C(=C\c2cc([N+](=O)[O-])ccc2N2CCOCC2)C(=O)N1Cc1ccc(Cl)cc1Cl. The van der Waals surface area contributed by atoms with E-state index >= 15 is 0 Å². The van der Waals surface area contributed by atoms with Crippen molar-refractivity contribution in [2.45, 2.75) is 6.54 Å². The first kappa shape index (κ1) is 22.6. The molecule has 2 heterocycles. The quantitative estimate of drug-likeness (QED) is 0.329. The first-order valence-electron chi connectivity index (χ1n) is 9.64. The largest absolute Gasteiger partial charge is 0.378 e. The van der Waals surface area contributed by atoms with Gasteiger partial charge in [-0.2, -0.15) is 0 Å². The first-order chi connectivity index (χ1) is 15.3. The fraction of sp³-hybridized carbons (Fsp3) is 0.238. The van der Waals surface area contributed by atoms with E-state index in [2.05, 4.69) is 0 Å². The second-order valence-corrected chi connectivity index (χ2v) is 8.94. The van der Waals surface area contributed by atoms with E-state index in [1.54, 1.807) is 24.3 Å². The number of benzene rings is 2. The number of non-ortho nitro benzene ring substituents is 1. The Morgan fingerprint density at radius 3 is 2.56 bits per heavy atom. The second kappa shape index (κ2) is 9.50. The monoisotopic (exact) mass is 493 g/mol. The standard InChI is InChI=1S/C21H17Cl2N3O5S/c22-15-2-1-13(17(23)11-15)12-25-20(27)19(32-21(25)28)10-14-9-16(26(29)30)3-4-18(14)24-5-7-31-8-6-24/h1-4,9-11H,5-8,12H2/b19-10-. The molecule has 2 amide bonds. The molecule has 0 N–H and O–H groups in total. The van der Waals surface area contributed by atoms with E-state index < -0.39 is 16.1 Å². The van der Waals surface area contributed by atoms with Gasteiger partial charge in [0.1, 0.15) is 0 Å². The topological polar surface area (TPSA) is 93.0 Å². The molecule has 2 saturated heterocycles. The Labute approximate surface area is 197 Å². The lowest BCUT2D eigenvalue weighted by molar-refractivity contribution is -0.384. The lowest BCUT2D eigenvalue weighted by Crippen LogP contribution is -2.36. The Kier molecular flexibility index (Phi) is 6.71. The third-order valence-electron chi connectivity index (χ3n) is 5.08. The van der Waals surface area contributed by atoms with Gasteiger partial charge in [0.2, 0.25) is 0 Å². The number of hydrogen-bond acceptors (Lipinski definition) is 7. The van der Waals surface area contributed by atoms with Crippen molar-refractivity contribution >= 4 is 63.6 Å². The Bertz CT molecular complexity index is 1130. The normalized spacial score (nSPS) is 18.0. The number of anilines is 1. The minimum atomic E-state index is -0.491. The van der Waals surface area contributed by atoms with Crippen LogP contribution in [-0.2, 0) is 16.1 Å². The summed E-state index contributed by atoms with van der Waals surface area (Å²) in [5, 5.41) is 11.7. The molecule has 2 fully saturated rings. The van der Waals surface area contributed by atoms with Crippen LogP contribution in [0.1, 0.15) is 11.1 Å². The van der Waals surface area contributed by atoms with Crippen LogP contribution >= 0.6 is 35.0 Å². The maximum Gasteiger partial charge on any atom is 0.293 e. The van der Waals surface area contributed by atoms with Gasteiger partial charge < -0.3 is 9.64 Å². The van der Waals surface area contributed by atoms with Crippen molar-refractivity contribution in [3.63, 3.8) is 0 Å². The van der Waals surface area contributed by atoms with Gasteiger partial charge in [-0.15, -0.1) is 0 Å². The highest BCUT2D eigenvalue weighted by molar-refractivity contribution is 8.18. The highest BCUT2D eigenvalue weighted by Gasteiger charge is 2.35. The minimum absolute atomic E-state index is 0.00324. The van der Waals surface area contributed by atoms with Gasteiger partial charge in [-0.25, -0.2) is 0 Å². The van der Waals surface area contributed by atoms with Crippen LogP contribution in [-0.4, -0.2) is 47.3 Å². The lowest BCUT2D eigenvalue weighted by atomic mass is 10.1. The van der Waals surface area contributed by atoms with Crippen molar-refractivity contribution in [1.82, 2.24) is 4.90 Å². The lowest BCUT2D eigenvalue weighted by Gasteiger charge is -2.30. The number of carbonyl (C=O) groups excluding carboxylic acids is 2. The fourth-order valence-corrected chi connectivity index (χ4v) is 4.76. The van der Waals surface area contributed by atoms with Crippen LogP contribution in [0.2, 0.25) is 10.0 Å². The van der Waals surface area contributed by atoms with Crippen LogP contribution in [0.25, 0.3) is 6.08 Å². The summed E-state index contributed by atoms with van der Waals surface area (Å²) >= 11 is 12.9. The predicted molar refractivity (Wildman–Crippen MR) is 124 cm³/mol. The number of nitrogens with zero attached hydrogens (tertiary/aromatic N) is 3. The van der Waals surface area contributed by atoms with Gasteiger partial charge in [-0.05, 0) is 41.6 Å². The molecule has 0 atom stereocenters. The molecule has 166 valence electrons. The number of nitro benzene ring substituents is 1. The van der Waals surface area contributed by atoms with Crippen molar-refractivity contribution in [1.29, 1.82) is 0 Å². The third-order valence-corrected chi connectivity index (χ3v) is 6.57. The van der Waals surface area contributed by atoms with E-state index in [0.29, 0.717) is 47.5 Å². The highest BCUT2D eigenvalue weighted by Crippen LogP contribution is 2.37. The van der Waals surface area contributed by atoms with Crippen molar-refractivity contribution in [3.05, 3.63) is 72.6 Å². The Morgan fingerprint density at radius 1 is 1.12 bits per heavy atom. The predicted octanol–water partition coefficient (Wildman–Crippen LogP) is 4.97. The Balaban J connectivity index is 1.65. The van der Waals surface area contributed by atoms with Gasteiger partial charge in [0.05, 0.1) is 29.6 Å². The van der Waals surface area contributed by atoms with E-state index in [1.165, 1.54) is 18.2 Å². The van der Waals surface area contributed by atoms with Gasteiger partial charge in [0.15, 0.2) is 0 Å². The minimum Gasteiger partial charge on any atom is -0.378 e. The summed E-state index contributed by atoms with van der Waals surface area (Å²) < 4.78 is 5.38. The van der Waals surface area contributed by atoms with Crippen LogP contribution in [0, 0.1) is 10.1 Å². The average molecular weight is 494 g/mol. The van der Waals surface area contributed by atoms with Gasteiger partial charge in [-0.3, -0.25) is 24.6 Å². The summed E-state index contributed by atoms with van der Waals surface area (Å²) in [5.41, 5.74) is 1.73. The van der Waals surface area contributed by atoms with E-state index in [1.807, 2.05) is 4.90 Å². The van der Waals surface area contributed by atoms with Crippen LogP contribution in [0.3, 0.4) is 0 Å². The molecule has 0 unspecified atom stereocenters. The number of halogens is 2. The molecule has 32 heavy (non-hydrogen) atoms. The molecule has 8 nitrogen and oxygen atoms in total. The molecule has 2 aliphatic heterocycles. The zero-order chi connectivity index (χ0) is 22.8. The van der Waals surface area contributed by atoms with E-state index in [-0.39, 0.29) is 17.1 Å². The molecule has 0 radical (unpaired) electrons. The molecule has 0 saturated carbocycles. The van der Waals surface area contributed by atoms with Crippen molar-refractivity contribution in [3.8, 4) is 0 Å². The number of ether oxygens (including phenoxy) is 1. The molecule has 0 aliphatic carbocycles. The summed E-state index contributed by atoms with van der Waals surface area (Å²) in [4.78, 5) is 39.7. The molecule has 11 heteroatoms. The van der Waals surface area contributed by atoms with Crippen LogP contribution < -0.4 is 4.90 Å². The van der Waals surface area contributed by atoms with Crippen molar-refractivity contribution < 1.29 is 19.2 Å².